The van der Waals surface area contributed by atoms with E-state index in [9.17, 15) is 4.79 Å². The van der Waals surface area contributed by atoms with Gasteiger partial charge in [0.05, 0.1) is 18.7 Å². The van der Waals surface area contributed by atoms with Crippen molar-refractivity contribution >= 4 is 21.9 Å². The Morgan fingerprint density at radius 1 is 1.36 bits per heavy atom. The highest BCUT2D eigenvalue weighted by molar-refractivity contribution is 9.10. The Bertz CT molecular complexity index is 554. The van der Waals surface area contributed by atoms with Crippen LogP contribution in [-0.4, -0.2) is 30.7 Å². The summed E-state index contributed by atoms with van der Waals surface area (Å²) in [5.41, 5.74) is 6.25. The summed E-state index contributed by atoms with van der Waals surface area (Å²) in [5, 5.41) is 2.13. The molecule has 1 aromatic rings. The lowest BCUT2D eigenvalue weighted by molar-refractivity contribution is -0.136. The molecule has 1 aromatic carbocycles. The number of carbonyl (C=O) groups excluding carboxylic acids is 1. The van der Waals surface area contributed by atoms with E-state index in [-0.39, 0.29) is 12.0 Å². The predicted octanol–water partition coefficient (Wildman–Crippen LogP) is 3.43. The molecule has 0 fully saturated rings. The molecule has 0 spiro atoms. The maximum atomic E-state index is 12.1. The standard InChI is InChI=1S/C17H23BrN2O2/c1-4-5-10-20-12(2)16(17(21)22-3)15(19-20)11-13-6-8-14(18)9-7-13/h6-9,12,19H,4-5,10-11H2,1-3H3. The first-order valence-electron chi connectivity index (χ1n) is 7.66. The van der Waals surface area contributed by atoms with Crippen molar-refractivity contribution in [3.05, 3.63) is 45.6 Å². The fraction of sp³-hybridized carbons (Fsp3) is 0.471. The van der Waals surface area contributed by atoms with Crippen molar-refractivity contribution in [2.45, 2.75) is 39.2 Å². The van der Waals surface area contributed by atoms with Crippen LogP contribution in [0.25, 0.3) is 0 Å². The highest BCUT2D eigenvalue weighted by Crippen LogP contribution is 2.25. The zero-order chi connectivity index (χ0) is 16.1. The van der Waals surface area contributed by atoms with E-state index in [1.807, 2.05) is 19.1 Å². The van der Waals surface area contributed by atoms with Crippen LogP contribution in [0.2, 0.25) is 0 Å². The Hall–Kier alpha value is -1.33. The molecule has 2 rings (SSSR count). The Kier molecular flexibility index (Phi) is 6.03. The minimum atomic E-state index is -0.244. The van der Waals surface area contributed by atoms with Crippen molar-refractivity contribution in [3.63, 3.8) is 0 Å². The number of allylic oxidation sites excluding steroid dienone is 1. The minimum Gasteiger partial charge on any atom is -0.466 e. The van der Waals surface area contributed by atoms with E-state index in [1.54, 1.807) is 0 Å². The molecule has 1 aliphatic rings. The molecule has 1 heterocycles. The molecule has 0 aromatic heterocycles. The molecule has 0 saturated carbocycles. The fourth-order valence-electron chi connectivity index (χ4n) is 2.66. The molecule has 0 radical (unpaired) electrons. The van der Waals surface area contributed by atoms with Gasteiger partial charge in [-0.15, -0.1) is 0 Å². The molecule has 0 amide bonds. The Morgan fingerprint density at radius 2 is 2.05 bits per heavy atom. The summed E-state index contributed by atoms with van der Waals surface area (Å²) in [6.45, 7) is 5.13. The molecule has 120 valence electrons. The number of nitrogens with zero attached hydrogens (tertiary/aromatic N) is 1. The van der Waals surface area contributed by atoms with Gasteiger partial charge in [-0.3, -0.25) is 0 Å². The van der Waals surface area contributed by atoms with Crippen molar-refractivity contribution in [1.29, 1.82) is 0 Å². The van der Waals surface area contributed by atoms with Gasteiger partial charge in [-0.25, -0.2) is 9.80 Å². The van der Waals surface area contributed by atoms with Crippen LogP contribution in [0.3, 0.4) is 0 Å². The first-order valence-corrected chi connectivity index (χ1v) is 8.45. The molecule has 0 bridgehead atoms. The van der Waals surface area contributed by atoms with Gasteiger partial charge in [-0.05, 0) is 31.0 Å². The zero-order valence-corrected chi connectivity index (χ0v) is 14.9. The van der Waals surface area contributed by atoms with E-state index in [4.69, 9.17) is 4.74 Å². The van der Waals surface area contributed by atoms with Crippen molar-refractivity contribution in [1.82, 2.24) is 10.4 Å². The van der Waals surface area contributed by atoms with E-state index in [1.165, 1.54) is 7.11 Å². The minimum absolute atomic E-state index is 0.0319. The van der Waals surface area contributed by atoms with E-state index >= 15 is 0 Å². The van der Waals surface area contributed by atoms with Crippen LogP contribution in [0.4, 0.5) is 0 Å². The lowest BCUT2D eigenvalue weighted by Gasteiger charge is -2.22. The lowest BCUT2D eigenvalue weighted by atomic mass is 10.0. The van der Waals surface area contributed by atoms with Crippen molar-refractivity contribution in [2.75, 3.05) is 13.7 Å². The van der Waals surface area contributed by atoms with Gasteiger partial charge in [0.2, 0.25) is 0 Å². The van der Waals surface area contributed by atoms with Gasteiger partial charge in [0.25, 0.3) is 0 Å². The van der Waals surface area contributed by atoms with Gasteiger partial charge >= 0.3 is 5.97 Å². The van der Waals surface area contributed by atoms with Crippen LogP contribution in [0.15, 0.2) is 40.0 Å². The van der Waals surface area contributed by atoms with Crippen molar-refractivity contribution in [2.24, 2.45) is 0 Å². The quantitative estimate of drug-likeness (QED) is 0.783. The number of esters is 1. The Balaban J connectivity index is 2.20. The van der Waals surface area contributed by atoms with Gasteiger partial charge in [-0.1, -0.05) is 41.4 Å². The molecule has 1 unspecified atom stereocenters. The molecule has 5 heteroatoms. The van der Waals surface area contributed by atoms with Gasteiger partial charge in [-0.2, -0.15) is 0 Å². The Morgan fingerprint density at radius 3 is 2.64 bits per heavy atom. The molecule has 1 aliphatic heterocycles. The number of hydrogen-bond acceptors (Lipinski definition) is 4. The van der Waals surface area contributed by atoms with E-state index in [2.05, 4.69) is 45.4 Å². The molecular weight excluding hydrogens is 344 g/mol. The topological polar surface area (TPSA) is 41.6 Å². The highest BCUT2D eigenvalue weighted by Gasteiger charge is 2.33. The number of unbranched alkanes of at least 4 members (excludes halogenated alkanes) is 1. The average Bonchev–Trinajstić information content (AvgIpc) is 2.82. The summed E-state index contributed by atoms with van der Waals surface area (Å²) >= 11 is 3.44. The normalized spacial score (nSPS) is 18.5. The number of rotatable bonds is 6. The van der Waals surface area contributed by atoms with Gasteiger partial charge in [0, 0.05) is 23.1 Å². The molecule has 22 heavy (non-hydrogen) atoms. The third-order valence-electron chi connectivity index (χ3n) is 3.94. The second kappa shape index (κ2) is 7.79. The molecule has 1 atom stereocenters. The maximum absolute atomic E-state index is 12.1. The summed E-state index contributed by atoms with van der Waals surface area (Å²) in [6.07, 6.45) is 2.92. The zero-order valence-electron chi connectivity index (χ0n) is 13.4. The molecule has 4 nitrogen and oxygen atoms in total. The molecule has 1 N–H and O–H groups in total. The van der Waals surface area contributed by atoms with Crippen LogP contribution in [-0.2, 0) is 16.0 Å². The predicted molar refractivity (Wildman–Crippen MR) is 91.1 cm³/mol. The van der Waals surface area contributed by atoms with E-state index in [0.717, 1.165) is 40.7 Å². The molecule has 0 saturated heterocycles. The molecule has 0 aliphatic carbocycles. The third-order valence-corrected chi connectivity index (χ3v) is 4.47. The number of halogens is 1. The first-order chi connectivity index (χ1) is 10.6. The third kappa shape index (κ3) is 3.90. The number of methoxy groups -OCH3 is 1. The second-order valence-corrected chi connectivity index (χ2v) is 6.44. The summed E-state index contributed by atoms with van der Waals surface area (Å²) in [5.74, 6) is -0.244. The Labute approximate surface area is 140 Å². The fourth-order valence-corrected chi connectivity index (χ4v) is 2.93. The maximum Gasteiger partial charge on any atom is 0.337 e. The number of benzene rings is 1. The van der Waals surface area contributed by atoms with Gasteiger partial charge in [0.15, 0.2) is 0 Å². The monoisotopic (exact) mass is 366 g/mol. The summed E-state index contributed by atoms with van der Waals surface area (Å²) in [7, 11) is 1.44. The SMILES string of the molecule is CCCCN1NC(Cc2ccc(Br)cc2)=C(C(=O)OC)C1C. The first kappa shape index (κ1) is 17.0. The number of ether oxygens (including phenoxy) is 1. The lowest BCUT2D eigenvalue weighted by Crippen LogP contribution is -2.39. The largest absolute Gasteiger partial charge is 0.466 e. The summed E-state index contributed by atoms with van der Waals surface area (Å²) in [6, 6.07) is 8.19. The number of hydrogen-bond donors (Lipinski definition) is 1. The average molecular weight is 367 g/mol. The summed E-state index contributed by atoms with van der Waals surface area (Å²) < 4.78 is 6.03. The van der Waals surface area contributed by atoms with E-state index < -0.39 is 0 Å². The number of nitrogens with one attached hydrogen (secondary N) is 1. The van der Waals surface area contributed by atoms with Crippen molar-refractivity contribution in [3.8, 4) is 0 Å². The van der Waals surface area contributed by atoms with Crippen LogP contribution >= 0.6 is 15.9 Å². The van der Waals surface area contributed by atoms with Gasteiger partial charge in [0.1, 0.15) is 0 Å². The number of hydrazine groups is 1. The second-order valence-electron chi connectivity index (χ2n) is 5.52. The highest BCUT2D eigenvalue weighted by atomic mass is 79.9. The van der Waals surface area contributed by atoms with Crippen molar-refractivity contribution < 1.29 is 9.53 Å². The smallest absolute Gasteiger partial charge is 0.337 e. The van der Waals surface area contributed by atoms with Crippen LogP contribution in [0.1, 0.15) is 32.3 Å². The van der Waals surface area contributed by atoms with Gasteiger partial charge < -0.3 is 10.2 Å². The van der Waals surface area contributed by atoms with E-state index in [0.29, 0.717) is 6.42 Å². The molecular formula is C17H23BrN2O2. The van der Waals surface area contributed by atoms with Crippen LogP contribution in [0.5, 0.6) is 0 Å². The van der Waals surface area contributed by atoms with Crippen LogP contribution in [0, 0.1) is 0 Å². The summed E-state index contributed by atoms with van der Waals surface area (Å²) in [4.78, 5) is 12.1. The number of carbonyl (C=O) groups is 1. The van der Waals surface area contributed by atoms with Crippen LogP contribution < -0.4 is 5.43 Å².